The molecular formula is C12H20N2O3. The Labute approximate surface area is 101 Å². The van der Waals surface area contributed by atoms with Crippen LogP contribution in [0.15, 0.2) is 0 Å². The Kier molecular flexibility index (Phi) is 3.66. The van der Waals surface area contributed by atoms with Crippen LogP contribution < -0.4 is 0 Å². The zero-order chi connectivity index (χ0) is 12.4. The van der Waals surface area contributed by atoms with Gasteiger partial charge in [-0.3, -0.25) is 14.5 Å². The molecule has 1 unspecified atom stereocenters. The Morgan fingerprint density at radius 1 is 1.35 bits per heavy atom. The second kappa shape index (κ2) is 5.04. The zero-order valence-corrected chi connectivity index (χ0v) is 10.3. The molecule has 1 aliphatic carbocycles. The number of likely N-dealkylation sites (N-methyl/N-ethyl adjacent to an activating group) is 1. The maximum atomic E-state index is 11.9. The Morgan fingerprint density at radius 3 is 2.65 bits per heavy atom. The minimum Gasteiger partial charge on any atom is -0.481 e. The van der Waals surface area contributed by atoms with Gasteiger partial charge < -0.3 is 10.0 Å². The summed E-state index contributed by atoms with van der Waals surface area (Å²) in [6, 6.07) is 0.433. The van der Waals surface area contributed by atoms with E-state index in [1.165, 1.54) is 0 Å². The van der Waals surface area contributed by atoms with Gasteiger partial charge in [0.2, 0.25) is 5.91 Å². The number of nitrogens with zero attached hydrogens (tertiary/aromatic N) is 2. The summed E-state index contributed by atoms with van der Waals surface area (Å²) in [6.07, 6.45) is 3.83. The monoisotopic (exact) mass is 240 g/mol. The second-order valence-corrected chi connectivity index (χ2v) is 5.15. The lowest BCUT2D eigenvalue weighted by Crippen LogP contribution is -2.45. The molecule has 2 aliphatic rings. The van der Waals surface area contributed by atoms with Gasteiger partial charge in [0, 0.05) is 19.6 Å². The molecule has 1 saturated heterocycles. The highest BCUT2D eigenvalue weighted by atomic mass is 16.4. The lowest BCUT2D eigenvalue weighted by molar-refractivity contribution is -0.144. The van der Waals surface area contributed by atoms with E-state index in [2.05, 4.69) is 0 Å². The largest absolute Gasteiger partial charge is 0.481 e. The van der Waals surface area contributed by atoms with Gasteiger partial charge in [-0.2, -0.15) is 0 Å². The SMILES string of the molecule is CN(C(=O)CN1CCCC(C(=O)O)C1)C1CC1. The summed E-state index contributed by atoms with van der Waals surface area (Å²) in [5, 5.41) is 8.98. The standard InChI is InChI=1S/C12H20N2O3/c1-13(10-4-5-10)11(15)8-14-6-2-3-9(7-14)12(16)17/h9-10H,2-8H2,1H3,(H,16,17). The van der Waals surface area contributed by atoms with Crippen molar-refractivity contribution in [3.63, 3.8) is 0 Å². The van der Waals surface area contributed by atoms with Crippen molar-refractivity contribution < 1.29 is 14.7 Å². The Bertz CT molecular complexity index is 315. The number of carbonyl (C=O) groups is 2. The molecule has 1 aliphatic heterocycles. The first-order chi connectivity index (χ1) is 8.08. The molecule has 2 rings (SSSR count). The van der Waals surface area contributed by atoms with Gasteiger partial charge in [0.15, 0.2) is 0 Å². The molecule has 1 amide bonds. The van der Waals surface area contributed by atoms with Crippen LogP contribution in [0.5, 0.6) is 0 Å². The van der Waals surface area contributed by atoms with Crippen LogP contribution in [0.4, 0.5) is 0 Å². The predicted octanol–water partition coefficient (Wildman–Crippen LogP) is 0.404. The molecule has 0 radical (unpaired) electrons. The summed E-state index contributed by atoms with van der Waals surface area (Å²) in [4.78, 5) is 26.6. The van der Waals surface area contributed by atoms with Crippen LogP contribution in [0, 0.1) is 5.92 Å². The van der Waals surface area contributed by atoms with Crippen LogP contribution in [0.1, 0.15) is 25.7 Å². The first-order valence-electron chi connectivity index (χ1n) is 6.28. The van der Waals surface area contributed by atoms with Gasteiger partial charge in [0.1, 0.15) is 0 Å². The predicted molar refractivity (Wildman–Crippen MR) is 62.6 cm³/mol. The van der Waals surface area contributed by atoms with E-state index in [1.807, 2.05) is 16.8 Å². The fourth-order valence-electron chi connectivity index (χ4n) is 2.37. The lowest BCUT2D eigenvalue weighted by Gasteiger charge is -2.31. The number of amides is 1. The molecule has 1 heterocycles. The van der Waals surface area contributed by atoms with Crippen LogP contribution in [0.25, 0.3) is 0 Å². The van der Waals surface area contributed by atoms with E-state index in [1.54, 1.807) is 0 Å². The van der Waals surface area contributed by atoms with Gasteiger partial charge in [-0.15, -0.1) is 0 Å². The Hall–Kier alpha value is -1.10. The summed E-state index contributed by atoms with van der Waals surface area (Å²) in [5.41, 5.74) is 0. The van der Waals surface area contributed by atoms with Crippen LogP contribution in [0.3, 0.4) is 0 Å². The molecule has 0 aromatic rings. The number of hydrogen-bond donors (Lipinski definition) is 1. The van der Waals surface area contributed by atoms with E-state index >= 15 is 0 Å². The number of carboxylic acids is 1. The fourth-order valence-corrected chi connectivity index (χ4v) is 2.37. The van der Waals surface area contributed by atoms with Crippen molar-refractivity contribution >= 4 is 11.9 Å². The molecule has 96 valence electrons. The Morgan fingerprint density at radius 2 is 2.06 bits per heavy atom. The maximum Gasteiger partial charge on any atom is 0.307 e. The van der Waals surface area contributed by atoms with Gasteiger partial charge in [-0.25, -0.2) is 0 Å². The van der Waals surface area contributed by atoms with Crippen molar-refractivity contribution in [1.82, 2.24) is 9.80 Å². The number of rotatable bonds is 4. The molecular weight excluding hydrogens is 220 g/mol. The number of aliphatic carboxylic acids is 1. The number of hydrogen-bond acceptors (Lipinski definition) is 3. The highest BCUT2D eigenvalue weighted by molar-refractivity contribution is 5.78. The van der Waals surface area contributed by atoms with Gasteiger partial charge in [0.25, 0.3) is 0 Å². The molecule has 1 N–H and O–H groups in total. The molecule has 5 nitrogen and oxygen atoms in total. The van der Waals surface area contributed by atoms with Crippen LogP contribution >= 0.6 is 0 Å². The van der Waals surface area contributed by atoms with Crippen molar-refractivity contribution in [2.45, 2.75) is 31.7 Å². The average Bonchev–Trinajstić information content (AvgIpc) is 3.12. The summed E-state index contributed by atoms with van der Waals surface area (Å²) in [5.74, 6) is -0.918. The number of carboxylic acid groups (broad SMARTS) is 1. The molecule has 0 bridgehead atoms. The maximum absolute atomic E-state index is 11.9. The van der Waals surface area contributed by atoms with Crippen molar-refractivity contribution in [3.05, 3.63) is 0 Å². The third kappa shape index (κ3) is 3.19. The number of carbonyl (C=O) groups excluding carboxylic acids is 1. The quantitative estimate of drug-likeness (QED) is 0.773. The molecule has 5 heteroatoms. The molecule has 1 saturated carbocycles. The average molecular weight is 240 g/mol. The van der Waals surface area contributed by atoms with Crippen LogP contribution in [-0.4, -0.2) is 59.5 Å². The number of piperidine rings is 1. The summed E-state index contributed by atoms with van der Waals surface area (Å²) in [7, 11) is 1.85. The minimum absolute atomic E-state index is 0.124. The fraction of sp³-hybridized carbons (Fsp3) is 0.833. The first-order valence-corrected chi connectivity index (χ1v) is 6.28. The van der Waals surface area contributed by atoms with E-state index in [-0.39, 0.29) is 11.8 Å². The van der Waals surface area contributed by atoms with E-state index in [4.69, 9.17) is 5.11 Å². The van der Waals surface area contributed by atoms with Gasteiger partial charge >= 0.3 is 5.97 Å². The molecule has 0 spiro atoms. The van der Waals surface area contributed by atoms with E-state index in [0.717, 1.165) is 32.2 Å². The third-order valence-corrected chi connectivity index (χ3v) is 3.70. The van der Waals surface area contributed by atoms with E-state index < -0.39 is 5.97 Å². The van der Waals surface area contributed by atoms with Crippen LogP contribution in [-0.2, 0) is 9.59 Å². The van der Waals surface area contributed by atoms with Crippen molar-refractivity contribution in [2.24, 2.45) is 5.92 Å². The summed E-state index contributed by atoms with van der Waals surface area (Å²) in [6.45, 7) is 1.73. The summed E-state index contributed by atoms with van der Waals surface area (Å²) >= 11 is 0. The zero-order valence-electron chi connectivity index (χ0n) is 10.3. The first kappa shape index (κ1) is 12.4. The topological polar surface area (TPSA) is 60.9 Å². The van der Waals surface area contributed by atoms with Gasteiger partial charge in [0.05, 0.1) is 12.5 Å². The normalized spacial score (nSPS) is 25.6. The van der Waals surface area contributed by atoms with Crippen molar-refractivity contribution in [3.8, 4) is 0 Å². The highest BCUT2D eigenvalue weighted by Crippen LogP contribution is 2.25. The highest BCUT2D eigenvalue weighted by Gasteiger charge is 2.32. The lowest BCUT2D eigenvalue weighted by atomic mass is 9.98. The minimum atomic E-state index is -0.738. The second-order valence-electron chi connectivity index (χ2n) is 5.15. The summed E-state index contributed by atoms with van der Waals surface area (Å²) < 4.78 is 0. The molecule has 0 aromatic carbocycles. The molecule has 17 heavy (non-hydrogen) atoms. The third-order valence-electron chi connectivity index (χ3n) is 3.70. The van der Waals surface area contributed by atoms with Crippen LogP contribution in [0.2, 0.25) is 0 Å². The molecule has 2 fully saturated rings. The van der Waals surface area contributed by atoms with Crippen molar-refractivity contribution in [1.29, 1.82) is 0 Å². The van der Waals surface area contributed by atoms with Gasteiger partial charge in [-0.05, 0) is 32.2 Å². The van der Waals surface area contributed by atoms with E-state index in [0.29, 0.717) is 19.1 Å². The van der Waals surface area contributed by atoms with E-state index in [9.17, 15) is 9.59 Å². The molecule has 0 aromatic heterocycles. The van der Waals surface area contributed by atoms with Gasteiger partial charge in [-0.1, -0.05) is 0 Å². The Balaban J connectivity index is 1.81. The number of likely N-dealkylation sites (tertiary alicyclic amines) is 1. The smallest absolute Gasteiger partial charge is 0.307 e. The molecule has 1 atom stereocenters. The van der Waals surface area contributed by atoms with Crippen molar-refractivity contribution in [2.75, 3.05) is 26.7 Å².